The Bertz CT molecular complexity index is 654. The lowest BCUT2D eigenvalue weighted by atomic mass is 9.95. The molecule has 0 radical (unpaired) electrons. The predicted octanol–water partition coefficient (Wildman–Crippen LogP) is 2.82. The number of rotatable bonds is 6. The van der Waals surface area contributed by atoms with Gasteiger partial charge in [-0.15, -0.1) is 24.0 Å². The van der Waals surface area contributed by atoms with Crippen LogP contribution in [0.5, 0.6) is 0 Å². The third-order valence-corrected chi connectivity index (χ3v) is 5.99. The molecule has 0 spiro atoms. The summed E-state index contributed by atoms with van der Waals surface area (Å²) in [5.41, 5.74) is 6.78. The Labute approximate surface area is 192 Å². The van der Waals surface area contributed by atoms with Crippen LogP contribution in [0, 0.1) is 5.92 Å². The molecule has 29 heavy (non-hydrogen) atoms. The zero-order valence-electron chi connectivity index (χ0n) is 17.6. The first kappa shape index (κ1) is 23.9. The molecule has 0 bridgehead atoms. The first-order chi connectivity index (χ1) is 13.7. The number of guanidine groups is 1. The maximum atomic E-state index is 11.3. The van der Waals surface area contributed by atoms with Crippen molar-refractivity contribution in [3.63, 3.8) is 0 Å². The molecule has 0 saturated carbocycles. The molecule has 0 aliphatic carbocycles. The number of hydrogen-bond donors (Lipinski definition) is 2. The molecule has 162 valence electrons. The third kappa shape index (κ3) is 7.44. The van der Waals surface area contributed by atoms with E-state index in [0.29, 0.717) is 18.4 Å². The number of aliphatic imine (C=N–C) groups is 1. The van der Waals surface area contributed by atoms with Crippen LogP contribution in [-0.2, 0) is 11.3 Å². The molecule has 3 rings (SSSR count). The normalized spacial score (nSPS) is 23.3. The number of nitrogens with one attached hydrogen (secondary N) is 1. The van der Waals surface area contributed by atoms with Gasteiger partial charge < -0.3 is 16.0 Å². The molecule has 0 aromatic heterocycles. The molecule has 7 heteroatoms. The lowest BCUT2D eigenvalue weighted by molar-refractivity contribution is -0.119. The van der Waals surface area contributed by atoms with Crippen molar-refractivity contribution in [1.29, 1.82) is 0 Å². The van der Waals surface area contributed by atoms with Gasteiger partial charge >= 0.3 is 0 Å². The van der Waals surface area contributed by atoms with Gasteiger partial charge in [-0.2, -0.15) is 0 Å². The summed E-state index contributed by atoms with van der Waals surface area (Å²) in [6.45, 7) is 4.94. The number of carbonyl (C=O) groups excluding carboxylic acids is 1. The van der Waals surface area contributed by atoms with E-state index in [4.69, 9.17) is 5.73 Å². The maximum absolute atomic E-state index is 11.3. The van der Waals surface area contributed by atoms with Gasteiger partial charge in [-0.05, 0) is 43.7 Å². The van der Waals surface area contributed by atoms with Gasteiger partial charge in [0, 0.05) is 45.7 Å². The van der Waals surface area contributed by atoms with Crippen molar-refractivity contribution in [2.24, 2.45) is 16.6 Å². The van der Waals surface area contributed by atoms with Crippen LogP contribution in [0.25, 0.3) is 0 Å². The van der Waals surface area contributed by atoms with Crippen LogP contribution in [0.2, 0.25) is 0 Å². The fourth-order valence-electron chi connectivity index (χ4n) is 4.57. The fourth-order valence-corrected chi connectivity index (χ4v) is 4.57. The zero-order chi connectivity index (χ0) is 19.8. The highest BCUT2D eigenvalue weighted by atomic mass is 127. The topological polar surface area (TPSA) is 74.0 Å². The van der Waals surface area contributed by atoms with Crippen LogP contribution in [0.1, 0.15) is 44.1 Å². The van der Waals surface area contributed by atoms with Crippen LogP contribution in [0.4, 0.5) is 0 Å². The average molecular weight is 513 g/mol. The SMILES string of the molecule is CN=C(NCC1CCCCN1Cc1ccccc1)N1CCCC(CC(N)=O)C1.I. The van der Waals surface area contributed by atoms with E-state index in [9.17, 15) is 4.79 Å². The molecule has 2 unspecified atom stereocenters. The zero-order valence-corrected chi connectivity index (χ0v) is 19.9. The molecule has 1 amide bonds. The maximum Gasteiger partial charge on any atom is 0.217 e. The number of nitrogens with two attached hydrogens (primary N) is 1. The minimum absolute atomic E-state index is 0. The van der Waals surface area contributed by atoms with Crippen molar-refractivity contribution in [2.45, 2.75) is 51.1 Å². The highest BCUT2D eigenvalue weighted by Crippen LogP contribution is 2.21. The largest absolute Gasteiger partial charge is 0.370 e. The Balaban J connectivity index is 0.00000300. The standard InChI is InChI=1S/C22H35N5O.HI/c1-24-22(27-13-7-10-19(17-27)14-21(23)28)25-15-20-11-5-6-12-26(20)16-18-8-3-2-4-9-18;/h2-4,8-9,19-20H,5-7,10-17H2,1H3,(H2,23,28)(H,24,25);1H. The number of piperidine rings is 2. The van der Waals surface area contributed by atoms with Gasteiger partial charge in [-0.3, -0.25) is 14.7 Å². The van der Waals surface area contributed by atoms with E-state index in [1.807, 2.05) is 7.05 Å². The molecule has 2 aliphatic heterocycles. The van der Waals surface area contributed by atoms with Gasteiger partial charge in [-0.1, -0.05) is 36.8 Å². The number of primary amides is 1. The Morgan fingerprint density at radius 3 is 2.69 bits per heavy atom. The summed E-state index contributed by atoms with van der Waals surface area (Å²) < 4.78 is 0. The van der Waals surface area contributed by atoms with Gasteiger partial charge in [0.2, 0.25) is 5.91 Å². The van der Waals surface area contributed by atoms with E-state index in [1.165, 1.54) is 24.8 Å². The number of likely N-dealkylation sites (tertiary alicyclic amines) is 2. The summed E-state index contributed by atoms with van der Waals surface area (Å²) >= 11 is 0. The Hall–Kier alpha value is -1.35. The van der Waals surface area contributed by atoms with Crippen LogP contribution in [-0.4, -0.2) is 60.9 Å². The first-order valence-electron chi connectivity index (χ1n) is 10.7. The number of carbonyl (C=O) groups is 1. The van der Waals surface area contributed by atoms with E-state index in [1.54, 1.807) is 0 Å². The molecule has 2 saturated heterocycles. The van der Waals surface area contributed by atoms with Crippen molar-refractivity contribution >= 4 is 35.8 Å². The fraction of sp³-hybridized carbons (Fsp3) is 0.636. The van der Waals surface area contributed by atoms with E-state index < -0.39 is 0 Å². The molecule has 2 heterocycles. The number of hydrogen-bond acceptors (Lipinski definition) is 3. The minimum Gasteiger partial charge on any atom is -0.370 e. The summed E-state index contributed by atoms with van der Waals surface area (Å²) in [6.07, 6.45) is 6.42. The van der Waals surface area contributed by atoms with Gasteiger partial charge in [0.25, 0.3) is 0 Å². The third-order valence-electron chi connectivity index (χ3n) is 5.99. The summed E-state index contributed by atoms with van der Waals surface area (Å²) in [5, 5.41) is 3.62. The Morgan fingerprint density at radius 2 is 1.97 bits per heavy atom. The van der Waals surface area contributed by atoms with Crippen LogP contribution >= 0.6 is 24.0 Å². The first-order valence-corrected chi connectivity index (χ1v) is 10.7. The quantitative estimate of drug-likeness (QED) is 0.349. The molecule has 2 fully saturated rings. The molecule has 3 N–H and O–H groups in total. The molecular formula is C22H36IN5O. The van der Waals surface area contributed by atoms with Gasteiger partial charge in [0.1, 0.15) is 0 Å². The van der Waals surface area contributed by atoms with Crippen molar-refractivity contribution in [2.75, 3.05) is 33.2 Å². The second-order valence-electron chi connectivity index (χ2n) is 8.16. The lowest BCUT2D eigenvalue weighted by Crippen LogP contribution is -2.51. The molecule has 1 aromatic carbocycles. The van der Waals surface area contributed by atoms with Crippen LogP contribution in [0.15, 0.2) is 35.3 Å². The number of halogens is 1. The van der Waals surface area contributed by atoms with E-state index in [2.05, 4.69) is 50.4 Å². The summed E-state index contributed by atoms with van der Waals surface area (Å²) in [7, 11) is 1.85. The van der Waals surface area contributed by atoms with Crippen LogP contribution < -0.4 is 11.1 Å². The summed E-state index contributed by atoms with van der Waals surface area (Å²) in [6, 6.07) is 11.3. The number of amides is 1. The van der Waals surface area contributed by atoms with E-state index in [0.717, 1.165) is 51.5 Å². The van der Waals surface area contributed by atoms with Gasteiger partial charge in [-0.25, -0.2) is 0 Å². The highest BCUT2D eigenvalue weighted by molar-refractivity contribution is 14.0. The van der Waals surface area contributed by atoms with Crippen molar-refractivity contribution < 1.29 is 4.79 Å². The molecule has 6 nitrogen and oxygen atoms in total. The smallest absolute Gasteiger partial charge is 0.217 e. The second-order valence-corrected chi connectivity index (χ2v) is 8.16. The Kier molecular flexibility index (Phi) is 10.2. The number of benzene rings is 1. The second kappa shape index (κ2) is 12.4. The van der Waals surface area contributed by atoms with Crippen LogP contribution in [0.3, 0.4) is 0 Å². The van der Waals surface area contributed by atoms with Gasteiger partial charge in [0.15, 0.2) is 5.96 Å². The van der Waals surface area contributed by atoms with Crippen molar-refractivity contribution in [3.05, 3.63) is 35.9 Å². The molecular weight excluding hydrogens is 477 g/mol. The lowest BCUT2D eigenvalue weighted by Gasteiger charge is -2.38. The average Bonchev–Trinajstić information content (AvgIpc) is 2.70. The molecule has 2 atom stereocenters. The molecule has 2 aliphatic rings. The van der Waals surface area contributed by atoms with Crippen molar-refractivity contribution in [1.82, 2.24) is 15.1 Å². The number of nitrogens with zero attached hydrogens (tertiary/aromatic N) is 3. The minimum atomic E-state index is -0.200. The predicted molar refractivity (Wildman–Crippen MR) is 129 cm³/mol. The molecule has 1 aromatic rings. The Morgan fingerprint density at radius 1 is 1.17 bits per heavy atom. The monoisotopic (exact) mass is 513 g/mol. The van der Waals surface area contributed by atoms with E-state index >= 15 is 0 Å². The highest BCUT2D eigenvalue weighted by Gasteiger charge is 2.26. The van der Waals surface area contributed by atoms with E-state index in [-0.39, 0.29) is 29.9 Å². The van der Waals surface area contributed by atoms with Crippen molar-refractivity contribution in [3.8, 4) is 0 Å². The summed E-state index contributed by atoms with van der Waals surface area (Å²) in [4.78, 5) is 20.7. The van der Waals surface area contributed by atoms with Gasteiger partial charge in [0.05, 0.1) is 0 Å². The summed E-state index contributed by atoms with van der Waals surface area (Å²) in [5.74, 6) is 1.10.